The summed E-state index contributed by atoms with van der Waals surface area (Å²) in [6.45, 7) is 4.17. The topological polar surface area (TPSA) is 34.1 Å². The van der Waals surface area contributed by atoms with E-state index in [9.17, 15) is 9.59 Å². The Bertz CT molecular complexity index is 831. The summed E-state index contributed by atoms with van der Waals surface area (Å²) in [4.78, 5) is 23.8. The highest BCUT2D eigenvalue weighted by atomic mass is 16.2. The molecule has 0 bridgehead atoms. The van der Waals surface area contributed by atoms with Crippen LogP contribution in [0, 0.1) is 0 Å². The first-order valence-corrected chi connectivity index (χ1v) is 7.23. The van der Waals surface area contributed by atoms with E-state index < -0.39 is 0 Å². The van der Waals surface area contributed by atoms with Gasteiger partial charge in [0, 0.05) is 23.0 Å². The van der Waals surface area contributed by atoms with E-state index in [0.29, 0.717) is 0 Å². The highest BCUT2D eigenvalue weighted by Crippen LogP contribution is 2.50. The quantitative estimate of drug-likeness (QED) is 0.686. The SMILES string of the molecule is CC1=C2c3ccccc3CC[C@@H]2c2c(c(=O)c2=O)[C@@H]1C. The minimum atomic E-state index is -0.246. The zero-order valence-electron chi connectivity index (χ0n) is 11.7. The molecule has 4 rings (SSSR count). The predicted molar refractivity (Wildman–Crippen MR) is 79.9 cm³/mol. The molecular weight excluding hydrogens is 248 g/mol. The van der Waals surface area contributed by atoms with Crippen LogP contribution < -0.4 is 10.9 Å². The molecule has 0 N–H and O–H groups in total. The van der Waals surface area contributed by atoms with Crippen LogP contribution in [0.4, 0.5) is 0 Å². The second kappa shape index (κ2) is 3.78. The predicted octanol–water partition coefficient (Wildman–Crippen LogP) is 2.90. The summed E-state index contributed by atoms with van der Waals surface area (Å²) in [6.07, 6.45) is 1.94. The molecule has 0 saturated heterocycles. The van der Waals surface area contributed by atoms with Gasteiger partial charge in [0.15, 0.2) is 0 Å². The minimum absolute atomic E-state index is 0.0904. The van der Waals surface area contributed by atoms with Crippen molar-refractivity contribution in [1.82, 2.24) is 0 Å². The van der Waals surface area contributed by atoms with Crippen LogP contribution in [-0.4, -0.2) is 0 Å². The Kier molecular flexibility index (Phi) is 2.24. The molecule has 2 aliphatic rings. The van der Waals surface area contributed by atoms with E-state index >= 15 is 0 Å². The standard InChI is InChI=1S/C18H16O2/c1-9-10(2)15-16(18(20)17(15)19)13-8-7-11-5-3-4-6-12(11)14(9)13/h3-6,10,13H,7-8H2,1-2H3/t10-,13+/m1/s1. The number of hydrogen-bond acceptors (Lipinski definition) is 2. The molecule has 0 aliphatic heterocycles. The van der Waals surface area contributed by atoms with E-state index in [4.69, 9.17) is 0 Å². The fourth-order valence-electron chi connectivity index (χ4n) is 4.06. The molecule has 2 atom stereocenters. The minimum Gasteiger partial charge on any atom is -0.285 e. The molecule has 0 fully saturated rings. The number of hydrogen-bond donors (Lipinski definition) is 0. The largest absolute Gasteiger partial charge is 0.285 e. The van der Waals surface area contributed by atoms with Gasteiger partial charge >= 0.3 is 0 Å². The van der Waals surface area contributed by atoms with Gasteiger partial charge in [0.2, 0.25) is 10.9 Å². The Labute approximate surface area is 117 Å². The summed E-state index contributed by atoms with van der Waals surface area (Å²) in [5.41, 5.74) is 6.35. The molecule has 0 saturated carbocycles. The van der Waals surface area contributed by atoms with Crippen LogP contribution >= 0.6 is 0 Å². The summed E-state index contributed by atoms with van der Waals surface area (Å²) >= 11 is 0. The first-order valence-electron chi connectivity index (χ1n) is 7.23. The zero-order valence-corrected chi connectivity index (χ0v) is 11.7. The first-order chi connectivity index (χ1) is 9.61. The van der Waals surface area contributed by atoms with Crippen molar-refractivity contribution in [1.29, 1.82) is 0 Å². The molecule has 20 heavy (non-hydrogen) atoms. The second-order valence-corrected chi connectivity index (χ2v) is 6.05. The Hall–Kier alpha value is -1.96. The molecule has 2 aromatic carbocycles. The average Bonchev–Trinajstić information content (AvgIpc) is 2.48. The summed E-state index contributed by atoms with van der Waals surface area (Å²) in [5, 5.41) is 0. The Balaban J connectivity index is 2.01. The molecule has 0 amide bonds. The van der Waals surface area contributed by atoms with Gasteiger partial charge in [-0.15, -0.1) is 0 Å². The van der Waals surface area contributed by atoms with Crippen molar-refractivity contribution in [2.24, 2.45) is 0 Å². The van der Waals surface area contributed by atoms with Gasteiger partial charge in [0.1, 0.15) is 0 Å². The van der Waals surface area contributed by atoms with Gasteiger partial charge in [0.05, 0.1) is 0 Å². The molecule has 2 heteroatoms. The van der Waals surface area contributed by atoms with Gasteiger partial charge in [-0.05, 0) is 36.5 Å². The van der Waals surface area contributed by atoms with Gasteiger partial charge in [-0.25, -0.2) is 0 Å². The maximum Gasteiger partial charge on any atom is 0.230 e. The van der Waals surface area contributed by atoms with Crippen molar-refractivity contribution < 1.29 is 0 Å². The van der Waals surface area contributed by atoms with Crippen LogP contribution in [-0.2, 0) is 6.42 Å². The van der Waals surface area contributed by atoms with Crippen molar-refractivity contribution in [2.45, 2.75) is 38.5 Å². The highest BCUT2D eigenvalue weighted by Gasteiger charge is 2.40. The summed E-state index contributed by atoms with van der Waals surface area (Å²) in [5.74, 6) is 0.244. The van der Waals surface area contributed by atoms with Crippen molar-refractivity contribution in [2.75, 3.05) is 0 Å². The summed E-state index contributed by atoms with van der Waals surface area (Å²) in [7, 11) is 0. The second-order valence-electron chi connectivity index (χ2n) is 6.05. The summed E-state index contributed by atoms with van der Waals surface area (Å²) in [6, 6.07) is 8.46. The van der Waals surface area contributed by atoms with Crippen LogP contribution in [0.5, 0.6) is 0 Å². The van der Waals surface area contributed by atoms with E-state index in [0.717, 1.165) is 24.0 Å². The van der Waals surface area contributed by atoms with Gasteiger partial charge < -0.3 is 0 Å². The van der Waals surface area contributed by atoms with Crippen LogP contribution in [0.2, 0.25) is 0 Å². The molecule has 0 aromatic heterocycles. The third-order valence-electron chi connectivity index (χ3n) is 5.20. The van der Waals surface area contributed by atoms with E-state index in [1.807, 2.05) is 0 Å². The van der Waals surface area contributed by atoms with Crippen LogP contribution in [0.25, 0.3) is 5.57 Å². The normalized spacial score (nSPS) is 24.3. The number of benzene rings is 1. The molecular formula is C18H16O2. The van der Waals surface area contributed by atoms with Crippen LogP contribution in [0.1, 0.15) is 54.4 Å². The lowest BCUT2D eigenvalue weighted by atomic mass is 9.64. The Morgan fingerprint density at radius 3 is 2.55 bits per heavy atom. The lowest BCUT2D eigenvalue weighted by Crippen LogP contribution is -2.45. The van der Waals surface area contributed by atoms with Gasteiger partial charge in [-0.3, -0.25) is 9.59 Å². The third-order valence-corrected chi connectivity index (χ3v) is 5.20. The van der Waals surface area contributed by atoms with Gasteiger partial charge in [-0.2, -0.15) is 0 Å². The first kappa shape index (κ1) is 11.8. The monoisotopic (exact) mass is 264 g/mol. The fraction of sp³-hybridized carbons (Fsp3) is 0.333. The van der Waals surface area contributed by atoms with Crippen molar-refractivity contribution in [3.8, 4) is 0 Å². The number of fused-ring (bicyclic) bond motifs is 5. The molecule has 0 heterocycles. The maximum absolute atomic E-state index is 12.0. The molecule has 0 spiro atoms. The Morgan fingerprint density at radius 1 is 1.05 bits per heavy atom. The average molecular weight is 264 g/mol. The lowest BCUT2D eigenvalue weighted by Gasteiger charge is -2.38. The lowest BCUT2D eigenvalue weighted by molar-refractivity contribution is 0.660. The highest BCUT2D eigenvalue weighted by molar-refractivity contribution is 5.81. The van der Waals surface area contributed by atoms with Gasteiger partial charge in [-0.1, -0.05) is 36.8 Å². The molecule has 0 radical (unpaired) electrons. The van der Waals surface area contributed by atoms with E-state index in [1.165, 1.54) is 22.3 Å². The number of allylic oxidation sites excluding steroid dienone is 2. The van der Waals surface area contributed by atoms with Crippen molar-refractivity contribution >= 4 is 5.57 Å². The van der Waals surface area contributed by atoms with E-state index in [-0.39, 0.29) is 22.7 Å². The maximum atomic E-state index is 12.0. The third kappa shape index (κ3) is 1.24. The van der Waals surface area contributed by atoms with Gasteiger partial charge in [0.25, 0.3) is 0 Å². The van der Waals surface area contributed by atoms with E-state index in [1.54, 1.807) is 0 Å². The molecule has 100 valence electrons. The van der Waals surface area contributed by atoms with Crippen molar-refractivity contribution in [3.63, 3.8) is 0 Å². The van der Waals surface area contributed by atoms with E-state index in [2.05, 4.69) is 38.1 Å². The fourth-order valence-corrected chi connectivity index (χ4v) is 4.06. The summed E-state index contributed by atoms with van der Waals surface area (Å²) < 4.78 is 0. The number of aryl methyl sites for hydroxylation is 1. The molecule has 2 aliphatic carbocycles. The zero-order chi connectivity index (χ0) is 14.0. The van der Waals surface area contributed by atoms with Crippen LogP contribution in [0.15, 0.2) is 39.4 Å². The molecule has 0 unspecified atom stereocenters. The molecule has 2 aromatic rings. The molecule has 2 nitrogen and oxygen atoms in total. The van der Waals surface area contributed by atoms with Crippen LogP contribution in [0.3, 0.4) is 0 Å². The van der Waals surface area contributed by atoms with Crippen molar-refractivity contribution in [3.05, 3.63) is 72.5 Å². The number of rotatable bonds is 0. The Morgan fingerprint density at radius 2 is 1.75 bits per heavy atom. The smallest absolute Gasteiger partial charge is 0.230 e.